The van der Waals surface area contributed by atoms with Crippen LogP contribution in [0.2, 0.25) is 0 Å². The van der Waals surface area contributed by atoms with E-state index in [4.69, 9.17) is 19.6 Å². The molecule has 0 aliphatic carbocycles. The van der Waals surface area contributed by atoms with Crippen molar-refractivity contribution in [3.05, 3.63) is 0 Å². The summed E-state index contributed by atoms with van der Waals surface area (Å²) in [7, 11) is -9.74. The predicted molar refractivity (Wildman–Crippen MR) is 60.2 cm³/mol. The zero-order valence-corrected chi connectivity index (χ0v) is 11.3. The molecule has 0 fully saturated rings. The number of nitrogens with one attached hydrogen (secondary N) is 1. The topological polar surface area (TPSA) is 127 Å². The molecule has 0 aromatic carbocycles. The first-order valence-electron chi connectivity index (χ1n) is 4.76. The molecule has 0 unspecified atom stereocenters. The van der Waals surface area contributed by atoms with E-state index in [0.717, 1.165) is 6.92 Å². The lowest BCUT2D eigenvalue weighted by Gasteiger charge is -2.31. The van der Waals surface area contributed by atoms with E-state index in [9.17, 15) is 9.13 Å². The molecule has 0 atom stereocenters. The molecule has 7 nitrogen and oxygen atoms in total. The second kappa shape index (κ2) is 5.27. The third kappa shape index (κ3) is 3.93. The molecule has 0 rings (SSSR count). The SMILES string of the molecule is CC(C)NCCC(C)(P(=O)(O)O)P(=O)(O)O. The molecule has 0 saturated heterocycles. The van der Waals surface area contributed by atoms with Gasteiger partial charge in [0.25, 0.3) is 0 Å². The highest BCUT2D eigenvalue weighted by atomic mass is 31.2. The van der Waals surface area contributed by atoms with Crippen LogP contribution >= 0.6 is 15.2 Å². The van der Waals surface area contributed by atoms with Crippen molar-refractivity contribution in [1.82, 2.24) is 5.32 Å². The Labute approximate surface area is 94.6 Å². The van der Waals surface area contributed by atoms with Crippen LogP contribution < -0.4 is 5.32 Å². The highest BCUT2D eigenvalue weighted by Crippen LogP contribution is 2.70. The van der Waals surface area contributed by atoms with Crippen LogP contribution in [-0.4, -0.2) is 37.1 Å². The summed E-state index contributed by atoms with van der Waals surface area (Å²) in [6, 6.07) is 0.0813. The lowest BCUT2D eigenvalue weighted by Crippen LogP contribution is -2.32. The molecular weight excluding hydrogens is 256 g/mol. The second-order valence-corrected chi connectivity index (χ2v) is 8.67. The number of hydrogen-bond acceptors (Lipinski definition) is 3. The third-order valence-electron chi connectivity index (χ3n) is 2.41. The molecule has 98 valence electrons. The van der Waals surface area contributed by atoms with Crippen LogP contribution in [0.5, 0.6) is 0 Å². The van der Waals surface area contributed by atoms with E-state index >= 15 is 0 Å². The van der Waals surface area contributed by atoms with Gasteiger partial charge in [0.15, 0.2) is 4.90 Å². The zero-order chi connectivity index (χ0) is 13.2. The van der Waals surface area contributed by atoms with E-state index in [1.807, 2.05) is 13.8 Å². The minimum Gasteiger partial charge on any atom is -0.324 e. The van der Waals surface area contributed by atoms with Crippen LogP contribution in [0.1, 0.15) is 27.2 Å². The van der Waals surface area contributed by atoms with Crippen LogP contribution in [0.25, 0.3) is 0 Å². The summed E-state index contributed by atoms with van der Waals surface area (Å²) in [5.41, 5.74) is 0. The Hall–Kier alpha value is 0.260. The predicted octanol–water partition coefficient (Wildman–Crippen LogP) is 0.446. The second-order valence-electron chi connectivity index (χ2n) is 4.16. The summed E-state index contributed by atoms with van der Waals surface area (Å²) in [5.74, 6) is 0. The average molecular weight is 275 g/mol. The maximum absolute atomic E-state index is 11.2. The first kappa shape index (κ1) is 16.3. The maximum atomic E-state index is 11.2. The molecule has 0 aromatic rings. The van der Waals surface area contributed by atoms with Gasteiger partial charge in [0.2, 0.25) is 0 Å². The summed E-state index contributed by atoms with van der Waals surface area (Å²) < 4.78 is 22.3. The third-order valence-corrected chi connectivity index (χ3v) is 6.93. The molecule has 9 heteroatoms. The number of rotatable bonds is 6. The lowest BCUT2D eigenvalue weighted by molar-refractivity contribution is 0.305. The standard InChI is InChI=1S/C7H19NO6P2/c1-6(2)8-5-4-7(3,15(9,10)11)16(12,13)14/h6,8H,4-5H2,1-3H3,(H2,9,10,11)(H2,12,13,14). The maximum Gasteiger partial charge on any atom is 0.343 e. The van der Waals surface area contributed by atoms with Crippen LogP contribution in [0.4, 0.5) is 0 Å². The normalized spacial score (nSPS) is 14.5. The smallest absolute Gasteiger partial charge is 0.324 e. The van der Waals surface area contributed by atoms with Crippen molar-refractivity contribution in [1.29, 1.82) is 0 Å². The molecule has 0 aromatic heterocycles. The van der Waals surface area contributed by atoms with Gasteiger partial charge in [-0.1, -0.05) is 13.8 Å². The monoisotopic (exact) mass is 275 g/mol. The van der Waals surface area contributed by atoms with Crippen LogP contribution in [0.3, 0.4) is 0 Å². The summed E-state index contributed by atoms with van der Waals surface area (Å²) in [6.07, 6.45) is -0.292. The van der Waals surface area contributed by atoms with Gasteiger partial charge in [0.1, 0.15) is 0 Å². The molecule has 0 aliphatic heterocycles. The Morgan fingerprint density at radius 3 is 1.75 bits per heavy atom. The van der Waals surface area contributed by atoms with Crippen molar-refractivity contribution >= 4 is 15.2 Å². The van der Waals surface area contributed by atoms with Crippen molar-refractivity contribution in [2.45, 2.75) is 38.1 Å². The van der Waals surface area contributed by atoms with Crippen LogP contribution in [-0.2, 0) is 9.13 Å². The van der Waals surface area contributed by atoms with Gasteiger partial charge >= 0.3 is 15.2 Å². The van der Waals surface area contributed by atoms with E-state index < -0.39 is 20.1 Å². The average Bonchev–Trinajstić information content (AvgIpc) is 1.98. The molecular formula is C7H19NO6P2. The highest BCUT2D eigenvalue weighted by molar-refractivity contribution is 7.72. The molecule has 0 spiro atoms. The van der Waals surface area contributed by atoms with Crippen molar-refractivity contribution in [3.8, 4) is 0 Å². The molecule has 5 N–H and O–H groups in total. The van der Waals surface area contributed by atoms with E-state index in [1.54, 1.807) is 0 Å². The van der Waals surface area contributed by atoms with Crippen molar-refractivity contribution in [2.24, 2.45) is 0 Å². The number of hydrogen-bond donors (Lipinski definition) is 5. The largest absolute Gasteiger partial charge is 0.343 e. The zero-order valence-electron chi connectivity index (χ0n) is 9.49. The molecule has 16 heavy (non-hydrogen) atoms. The van der Waals surface area contributed by atoms with Gasteiger partial charge in [-0.3, -0.25) is 9.13 Å². The van der Waals surface area contributed by atoms with E-state index in [2.05, 4.69) is 5.32 Å². The fourth-order valence-electron chi connectivity index (χ4n) is 1.06. The minimum atomic E-state index is -4.87. The van der Waals surface area contributed by atoms with Crippen molar-refractivity contribution in [3.63, 3.8) is 0 Å². The fraction of sp³-hybridized carbons (Fsp3) is 1.00. The van der Waals surface area contributed by atoms with Gasteiger partial charge in [-0.15, -0.1) is 0 Å². The van der Waals surface area contributed by atoms with Crippen LogP contribution in [0.15, 0.2) is 0 Å². The Morgan fingerprint density at radius 1 is 1.12 bits per heavy atom. The molecule has 0 bridgehead atoms. The summed E-state index contributed by atoms with van der Waals surface area (Å²) in [6.45, 7) is 4.69. The summed E-state index contributed by atoms with van der Waals surface area (Å²) in [5, 5.41) is 2.86. The fourth-order valence-corrected chi connectivity index (χ4v) is 3.22. The molecule has 0 radical (unpaired) electrons. The van der Waals surface area contributed by atoms with Gasteiger partial charge in [-0.05, 0) is 19.9 Å². The first-order valence-corrected chi connectivity index (χ1v) is 7.99. The lowest BCUT2D eigenvalue weighted by atomic mass is 10.3. The highest BCUT2D eigenvalue weighted by Gasteiger charge is 2.55. The van der Waals surface area contributed by atoms with Crippen molar-refractivity contribution in [2.75, 3.05) is 6.54 Å². The quantitative estimate of drug-likeness (QED) is 0.445. The molecule has 0 heterocycles. The molecule has 0 amide bonds. The minimum absolute atomic E-state index is 0.0813. The van der Waals surface area contributed by atoms with E-state index in [0.29, 0.717) is 0 Å². The van der Waals surface area contributed by atoms with Gasteiger partial charge in [-0.2, -0.15) is 0 Å². The van der Waals surface area contributed by atoms with Gasteiger partial charge < -0.3 is 24.9 Å². The van der Waals surface area contributed by atoms with Gasteiger partial charge in [0.05, 0.1) is 0 Å². The Kier molecular flexibility index (Phi) is 5.36. The van der Waals surface area contributed by atoms with E-state index in [-0.39, 0.29) is 19.0 Å². The summed E-state index contributed by atoms with van der Waals surface area (Å²) in [4.78, 5) is 33.8. The Morgan fingerprint density at radius 2 is 1.50 bits per heavy atom. The molecule has 0 aliphatic rings. The first-order chi connectivity index (χ1) is 6.92. The van der Waals surface area contributed by atoms with Crippen LogP contribution in [0, 0.1) is 0 Å². The van der Waals surface area contributed by atoms with E-state index in [1.165, 1.54) is 0 Å². The summed E-state index contributed by atoms with van der Waals surface area (Å²) >= 11 is 0. The van der Waals surface area contributed by atoms with Gasteiger partial charge in [-0.25, -0.2) is 0 Å². The van der Waals surface area contributed by atoms with Gasteiger partial charge in [0, 0.05) is 6.04 Å². The Balaban J connectivity index is 4.86. The van der Waals surface area contributed by atoms with Crippen molar-refractivity contribution < 1.29 is 28.7 Å². The molecule has 0 saturated carbocycles. The Bertz CT molecular complexity index is 297.